The van der Waals surface area contributed by atoms with Crippen LogP contribution in [0.4, 0.5) is 0 Å². The lowest BCUT2D eigenvalue weighted by molar-refractivity contribution is 0.0697. The Balaban J connectivity index is 2.70. The van der Waals surface area contributed by atoms with Crippen LogP contribution in [0, 0.1) is 6.92 Å². The molecule has 17 heavy (non-hydrogen) atoms. The summed E-state index contributed by atoms with van der Waals surface area (Å²) in [6, 6.07) is 5.09. The van der Waals surface area contributed by atoms with E-state index in [4.69, 9.17) is 16.7 Å². The van der Waals surface area contributed by atoms with Crippen molar-refractivity contribution in [3.63, 3.8) is 0 Å². The van der Waals surface area contributed by atoms with Crippen LogP contribution in [-0.2, 0) is 0 Å². The number of carboxylic acid groups (broad SMARTS) is 1. The molecule has 0 fully saturated rings. The average Bonchev–Trinajstić information content (AvgIpc) is 2.29. The Labute approximate surface area is 103 Å². The van der Waals surface area contributed by atoms with Gasteiger partial charge < -0.3 is 5.11 Å². The zero-order chi connectivity index (χ0) is 12.4. The quantitative estimate of drug-likeness (QED) is 0.830. The molecule has 5 heteroatoms. The summed E-state index contributed by atoms with van der Waals surface area (Å²) in [6.45, 7) is 1.81. The number of aryl methyl sites for hydroxylation is 1. The first kappa shape index (κ1) is 11.5. The Hall–Kier alpha value is -1.94. The second-order valence-electron chi connectivity index (χ2n) is 3.49. The van der Waals surface area contributed by atoms with E-state index in [1.807, 2.05) is 6.92 Å². The van der Waals surface area contributed by atoms with Crippen molar-refractivity contribution in [3.05, 3.63) is 47.0 Å². The molecule has 1 N–H and O–H groups in total. The lowest BCUT2D eigenvalue weighted by atomic mass is 10.0. The molecule has 0 amide bonds. The van der Waals surface area contributed by atoms with Gasteiger partial charge in [-0.2, -0.15) is 0 Å². The molecule has 0 saturated heterocycles. The Bertz CT molecular complexity index is 584. The fourth-order valence-corrected chi connectivity index (χ4v) is 1.75. The molecule has 2 aromatic heterocycles. The molecule has 2 aromatic rings. The smallest absolute Gasteiger partial charge is 0.337 e. The van der Waals surface area contributed by atoms with Crippen LogP contribution in [0.15, 0.2) is 30.6 Å². The van der Waals surface area contributed by atoms with Gasteiger partial charge in [0.1, 0.15) is 5.15 Å². The summed E-state index contributed by atoms with van der Waals surface area (Å²) in [6.07, 6.45) is 2.91. The Morgan fingerprint density at radius 1 is 1.35 bits per heavy atom. The lowest BCUT2D eigenvalue weighted by Gasteiger charge is -2.08. The van der Waals surface area contributed by atoms with E-state index in [2.05, 4.69) is 9.97 Å². The molecular weight excluding hydrogens is 240 g/mol. The lowest BCUT2D eigenvalue weighted by Crippen LogP contribution is -2.02. The van der Waals surface area contributed by atoms with Crippen LogP contribution in [0.1, 0.15) is 16.1 Å². The maximum absolute atomic E-state index is 11.1. The van der Waals surface area contributed by atoms with Gasteiger partial charge in [0, 0.05) is 29.2 Å². The summed E-state index contributed by atoms with van der Waals surface area (Å²) < 4.78 is 0. The maximum Gasteiger partial charge on any atom is 0.337 e. The average molecular weight is 249 g/mol. The molecule has 2 rings (SSSR count). The molecule has 0 aliphatic rings. The van der Waals surface area contributed by atoms with E-state index in [-0.39, 0.29) is 10.7 Å². The maximum atomic E-state index is 11.1. The van der Waals surface area contributed by atoms with Gasteiger partial charge in [0.05, 0.1) is 5.56 Å². The number of pyridine rings is 2. The minimum atomic E-state index is -1.03. The first-order chi connectivity index (χ1) is 8.09. The van der Waals surface area contributed by atoms with Gasteiger partial charge in [0.15, 0.2) is 0 Å². The van der Waals surface area contributed by atoms with E-state index in [9.17, 15) is 4.79 Å². The molecule has 4 nitrogen and oxygen atoms in total. The monoisotopic (exact) mass is 248 g/mol. The highest BCUT2D eigenvalue weighted by Gasteiger charge is 2.14. The third kappa shape index (κ3) is 2.26. The van der Waals surface area contributed by atoms with E-state index in [0.29, 0.717) is 5.56 Å². The van der Waals surface area contributed by atoms with E-state index in [1.54, 1.807) is 18.3 Å². The third-order valence-corrected chi connectivity index (χ3v) is 2.60. The minimum Gasteiger partial charge on any atom is -0.478 e. The van der Waals surface area contributed by atoms with E-state index < -0.39 is 5.97 Å². The third-order valence-electron chi connectivity index (χ3n) is 2.40. The van der Waals surface area contributed by atoms with Crippen molar-refractivity contribution in [1.29, 1.82) is 0 Å². The first-order valence-corrected chi connectivity index (χ1v) is 5.28. The Morgan fingerprint density at radius 3 is 2.76 bits per heavy atom. The number of rotatable bonds is 2. The summed E-state index contributed by atoms with van der Waals surface area (Å²) in [4.78, 5) is 19.0. The highest BCUT2D eigenvalue weighted by atomic mass is 35.5. The zero-order valence-corrected chi connectivity index (χ0v) is 9.77. The molecule has 0 radical (unpaired) electrons. The SMILES string of the molecule is Cc1ncccc1-c1cc(Cl)ncc1C(=O)O. The van der Waals surface area contributed by atoms with Gasteiger partial charge >= 0.3 is 5.97 Å². The summed E-state index contributed by atoms with van der Waals surface area (Å²) >= 11 is 5.80. The topological polar surface area (TPSA) is 63.1 Å². The Morgan fingerprint density at radius 2 is 2.12 bits per heavy atom. The zero-order valence-electron chi connectivity index (χ0n) is 9.01. The van der Waals surface area contributed by atoms with Crippen LogP contribution < -0.4 is 0 Å². The van der Waals surface area contributed by atoms with Crippen LogP contribution in [0.25, 0.3) is 11.1 Å². The van der Waals surface area contributed by atoms with Crippen LogP contribution >= 0.6 is 11.6 Å². The van der Waals surface area contributed by atoms with Gasteiger partial charge in [-0.05, 0) is 19.1 Å². The second kappa shape index (κ2) is 4.51. The molecule has 86 valence electrons. The molecule has 0 saturated carbocycles. The van der Waals surface area contributed by atoms with Gasteiger partial charge in [-0.15, -0.1) is 0 Å². The predicted octanol–water partition coefficient (Wildman–Crippen LogP) is 2.80. The number of hydrogen-bond acceptors (Lipinski definition) is 3. The normalized spacial score (nSPS) is 10.2. The number of hydrogen-bond donors (Lipinski definition) is 1. The molecule has 0 aromatic carbocycles. The predicted molar refractivity (Wildman–Crippen MR) is 64.2 cm³/mol. The molecule has 0 unspecified atom stereocenters. The standard InChI is InChI=1S/C12H9ClN2O2/c1-7-8(3-2-4-14-7)9-5-11(13)15-6-10(9)12(16)17/h2-6H,1H3,(H,16,17). The summed E-state index contributed by atoms with van der Waals surface area (Å²) in [5.74, 6) is -1.03. The molecule has 0 aliphatic heterocycles. The number of aromatic carboxylic acids is 1. The van der Waals surface area contributed by atoms with Crippen molar-refractivity contribution < 1.29 is 9.90 Å². The van der Waals surface area contributed by atoms with Gasteiger partial charge in [-0.1, -0.05) is 17.7 Å². The highest BCUT2D eigenvalue weighted by Crippen LogP contribution is 2.27. The van der Waals surface area contributed by atoms with Gasteiger partial charge in [0.2, 0.25) is 0 Å². The van der Waals surface area contributed by atoms with E-state index in [0.717, 1.165) is 11.3 Å². The van der Waals surface area contributed by atoms with Crippen LogP contribution in [0.3, 0.4) is 0 Å². The van der Waals surface area contributed by atoms with Crippen LogP contribution in [0.5, 0.6) is 0 Å². The van der Waals surface area contributed by atoms with Crippen molar-refractivity contribution in [2.24, 2.45) is 0 Å². The van der Waals surface area contributed by atoms with Crippen molar-refractivity contribution in [3.8, 4) is 11.1 Å². The number of carbonyl (C=O) groups is 1. The molecule has 0 bridgehead atoms. The van der Waals surface area contributed by atoms with Gasteiger partial charge in [-0.3, -0.25) is 4.98 Å². The van der Waals surface area contributed by atoms with Crippen molar-refractivity contribution >= 4 is 17.6 Å². The molecule has 2 heterocycles. The van der Waals surface area contributed by atoms with Gasteiger partial charge in [0.25, 0.3) is 0 Å². The molecule has 0 aliphatic carbocycles. The van der Waals surface area contributed by atoms with E-state index >= 15 is 0 Å². The summed E-state index contributed by atoms with van der Waals surface area (Å²) in [7, 11) is 0. The first-order valence-electron chi connectivity index (χ1n) is 4.90. The number of aromatic nitrogens is 2. The number of carboxylic acids is 1. The molecular formula is C12H9ClN2O2. The fourth-order valence-electron chi connectivity index (χ4n) is 1.59. The van der Waals surface area contributed by atoms with Gasteiger partial charge in [-0.25, -0.2) is 9.78 Å². The molecule has 0 atom stereocenters. The minimum absolute atomic E-state index is 0.116. The van der Waals surface area contributed by atoms with E-state index in [1.165, 1.54) is 12.3 Å². The molecule has 0 spiro atoms. The van der Waals surface area contributed by atoms with Crippen LogP contribution in [-0.4, -0.2) is 21.0 Å². The summed E-state index contributed by atoms with van der Waals surface area (Å²) in [5, 5.41) is 9.36. The highest BCUT2D eigenvalue weighted by molar-refractivity contribution is 6.29. The van der Waals surface area contributed by atoms with Crippen molar-refractivity contribution in [1.82, 2.24) is 9.97 Å². The number of nitrogens with zero attached hydrogens (tertiary/aromatic N) is 2. The second-order valence-corrected chi connectivity index (χ2v) is 3.88. The van der Waals surface area contributed by atoms with Crippen molar-refractivity contribution in [2.75, 3.05) is 0 Å². The summed E-state index contributed by atoms with van der Waals surface area (Å²) in [5.41, 5.74) is 2.14. The number of halogens is 1. The van der Waals surface area contributed by atoms with Crippen molar-refractivity contribution in [2.45, 2.75) is 6.92 Å². The largest absolute Gasteiger partial charge is 0.478 e. The van der Waals surface area contributed by atoms with Crippen LogP contribution in [0.2, 0.25) is 5.15 Å². The fraction of sp³-hybridized carbons (Fsp3) is 0.0833. The Kier molecular flexibility index (Phi) is 3.06.